The van der Waals surface area contributed by atoms with Crippen LogP contribution in [0.2, 0.25) is 0 Å². The van der Waals surface area contributed by atoms with E-state index in [-0.39, 0.29) is 11.6 Å². The van der Waals surface area contributed by atoms with Crippen LogP contribution in [0.25, 0.3) is 11.2 Å². The van der Waals surface area contributed by atoms with Gasteiger partial charge in [-0.25, -0.2) is 19.5 Å². The number of para-hydroxylation sites is 1. The predicted molar refractivity (Wildman–Crippen MR) is 125 cm³/mol. The van der Waals surface area contributed by atoms with Crippen LogP contribution >= 0.6 is 7.75 Å². The van der Waals surface area contributed by atoms with E-state index >= 15 is 0 Å². The summed E-state index contributed by atoms with van der Waals surface area (Å²) in [4.78, 5) is 24.1. The molecule has 0 aliphatic carbocycles. The summed E-state index contributed by atoms with van der Waals surface area (Å²) >= 11 is 0. The van der Waals surface area contributed by atoms with Gasteiger partial charge in [0.05, 0.1) is 19.5 Å². The van der Waals surface area contributed by atoms with Gasteiger partial charge in [0.15, 0.2) is 17.7 Å². The first kappa shape index (κ1) is 25.9. The molecule has 0 saturated carbocycles. The third kappa shape index (κ3) is 5.19. The van der Waals surface area contributed by atoms with Gasteiger partial charge in [0, 0.05) is 0 Å². The first-order valence-corrected chi connectivity index (χ1v) is 12.5. The highest BCUT2D eigenvalue weighted by Crippen LogP contribution is 2.48. The van der Waals surface area contributed by atoms with Gasteiger partial charge in [-0.15, -0.1) is 0 Å². The molecule has 1 aliphatic heterocycles. The molecule has 1 fully saturated rings. The maximum absolute atomic E-state index is 13.7. The Balaban J connectivity index is 1.56. The van der Waals surface area contributed by atoms with Crippen LogP contribution < -0.4 is 15.3 Å². The van der Waals surface area contributed by atoms with Crippen molar-refractivity contribution in [3.8, 4) is 5.75 Å². The summed E-state index contributed by atoms with van der Waals surface area (Å²) in [7, 11) is -3.03. The summed E-state index contributed by atoms with van der Waals surface area (Å²) in [5.41, 5.74) is 6.42. The van der Waals surface area contributed by atoms with Crippen molar-refractivity contribution >= 4 is 30.7 Å². The minimum atomic E-state index is -4.22. The van der Waals surface area contributed by atoms with Crippen LogP contribution in [-0.2, 0) is 23.4 Å². The van der Waals surface area contributed by atoms with E-state index in [9.17, 15) is 19.6 Å². The van der Waals surface area contributed by atoms with E-state index in [1.54, 1.807) is 30.3 Å². The van der Waals surface area contributed by atoms with Crippen LogP contribution in [0.15, 0.2) is 43.0 Å². The largest absolute Gasteiger partial charge is 0.468 e. The Morgan fingerprint density at radius 3 is 2.61 bits per heavy atom. The lowest BCUT2D eigenvalue weighted by Crippen LogP contribution is -2.41. The smallest absolute Gasteiger partial charge is 0.459 e. The van der Waals surface area contributed by atoms with Crippen molar-refractivity contribution in [3.63, 3.8) is 0 Å². The number of anilines is 1. The second kappa shape index (κ2) is 10.5. The highest BCUT2D eigenvalue weighted by molar-refractivity contribution is 7.52. The fourth-order valence-electron chi connectivity index (χ4n) is 3.80. The molecule has 3 heterocycles. The number of carbonyl (C=O) groups is 1. The summed E-state index contributed by atoms with van der Waals surface area (Å²) in [6.45, 7) is 2.92. The topological polar surface area (TPSA) is 193 Å². The van der Waals surface area contributed by atoms with Gasteiger partial charge < -0.3 is 29.9 Å². The van der Waals surface area contributed by atoms with Crippen molar-refractivity contribution in [2.75, 3.05) is 12.8 Å². The molecule has 1 aliphatic rings. The molecule has 0 radical (unpaired) electrons. The van der Waals surface area contributed by atoms with Crippen LogP contribution in [-0.4, -0.2) is 73.3 Å². The van der Waals surface area contributed by atoms with Gasteiger partial charge in [-0.3, -0.25) is 13.9 Å². The number of fused-ring (bicyclic) bond motifs is 1. The molecule has 1 aromatic carbocycles. The summed E-state index contributed by atoms with van der Waals surface area (Å²) in [6.07, 6.45) is -3.59. The Bertz CT molecular complexity index is 1260. The Kier molecular flexibility index (Phi) is 7.54. The van der Waals surface area contributed by atoms with E-state index in [2.05, 4.69) is 24.8 Å². The van der Waals surface area contributed by atoms with Crippen molar-refractivity contribution in [2.45, 2.75) is 50.5 Å². The molecule has 1 saturated heterocycles. The molecule has 3 aromatic rings. The normalized spacial score (nSPS) is 25.2. The highest BCUT2D eigenvalue weighted by Gasteiger charge is 2.49. The summed E-state index contributed by atoms with van der Waals surface area (Å²) < 4.78 is 37.0. The quantitative estimate of drug-likeness (QED) is 0.228. The molecule has 5 N–H and O–H groups in total. The fraction of sp³-hybridized carbons (Fsp3) is 0.429. The number of ether oxygens (including phenoxy) is 2. The molecule has 1 unspecified atom stereocenters. The lowest BCUT2D eigenvalue weighted by molar-refractivity contribution is -0.142. The first-order chi connectivity index (χ1) is 17.1. The molecule has 0 spiro atoms. The first-order valence-electron chi connectivity index (χ1n) is 11.0. The zero-order valence-electron chi connectivity index (χ0n) is 19.7. The van der Waals surface area contributed by atoms with E-state index in [1.807, 2.05) is 0 Å². The van der Waals surface area contributed by atoms with Gasteiger partial charge in [0.2, 0.25) is 0 Å². The number of nitrogens with one attached hydrogen (secondary N) is 1. The third-order valence-electron chi connectivity index (χ3n) is 5.58. The van der Waals surface area contributed by atoms with E-state index in [1.165, 1.54) is 38.2 Å². The Hall–Kier alpha value is -3.13. The standard InChI is InChI=1S/C21H27N6O8P/c1-11(21(30)32-3)26-36(31,35-13-7-5-4-6-8-13)34-12(2)17-15(28)16(29)20(33-17)27-10-25-14-18(22)23-9-24-19(14)27/h4-12,15-17,20,28-29H,1-3H3,(H,26,31)(H2,22,23,24)/t11-,12-,15-,16+,17+,20+,36?/m0/s1. The minimum Gasteiger partial charge on any atom is -0.468 e. The van der Waals surface area contributed by atoms with Crippen LogP contribution in [0.1, 0.15) is 20.1 Å². The average Bonchev–Trinajstić information content (AvgIpc) is 3.40. The molecule has 7 atom stereocenters. The van der Waals surface area contributed by atoms with Gasteiger partial charge in [-0.1, -0.05) is 18.2 Å². The van der Waals surface area contributed by atoms with Crippen molar-refractivity contribution < 1.29 is 38.1 Å². The SMILES string of the molecule is COC(=O)[C@H](C)NP(=O)(Oc1ccccc1)O[C@@H](C)[C@H]1O[C@@H](n2cnc3c(N)ncnc32)[C@H](O)[C@@H]1O. The number of aliphatic hydroxyl groups excluding tert-OH is 2. The number of hydrogen-bond acceptors (Lipinski definition) is 12. The van der Waals surface area contributed by atoms with Crippen LogP contribution in [0.3, 0.4) is 0 Å². The number of nitrogens with two attached hydrogens (primary N) is 1. The Morgan fingerprint density at radius 2 is 1.92 bits per heavy atom. The van der Waals surface area contributed by atoms with Crippen LogP contribution in [0.4, 0.5) is 5.82 Å². The fourth-order valence-corrected chi connectivity index (χ4v) is 5.50. The number of nitrogen functional groups attached to an aromatic ring is 1. The summed E-state index contributed by atoms with van der Waals surface area (Å²) in [5, 5.41) is 24.0. The zero-order chi connectivity index (χ0) is 26.0. The Morgan fingerprint density at radius 1 is 1.19 bits per heavy atom. The average molecular weight is 522 g/mol. The van der Waals surface area contributed by atoms with Crippen molar-refractivity contribution in [3.05, 3.63) is 43.0 Å². The molecule has 194 valence electrons. The molecule has 36 heavy (non-hydrogen) atoms. The van der Waals surface area contributed by atoms with Gasteiger partial charge in [-0.05, 0) is 26.0 Å². The van der Waals surface area contributed by atoms with Crippen molar-refractivity contribution in [1.29, 1.82) is 0 Å². The molecule has 0 amide bonds. The monoisotopic (exact) mass is 522 g/mol. The van der Waals surface area contributed by atoms with Crippen LogP contribution in [0, 0.1) is 0 Å². The second-order valence-electron chi connectivity index (χ2n) is 8.14. The number of aliphatic hydroxyl groups is 2. The lowest BCUT2D eigenvalue weighted by atomic mass is 10.1. The molecule has 15 heteroatoms. The van der Waals surface area contributed by atoms with Crippen molar-refractivity contribution in [2.24, 2.45) is 0 Å². The van der Waals surface area contributed by atoms with E-state index < -0.39 is 50.4 Å². The third-order valence-corrected chi connectivity index (χ3v) is 7.34. The molecular weight excluding hydrogens is 495 g/mol. The van der Waals surface area contributed by atoms with Crippen LogP contribution in [0.5, 0.6) is 5.75 Å². The molecule has 14 nitrogen and oxygen atoms in total. The van der Waals surface area contributed by atoms with Gasteiger partial charge >= 0.3 is 13.7 Å². The minimum absolute atomic E-state index is 0.143. The Labute approximate surface area is 206 Å². The highest BCUT2D eigenvalue weighted by atomic mass is 31.2. The number of imidazole rings is 1. The summed E-state index contributed by atoms with van der Waals surface area (Å²) in [6, 6.07) is 7.15. The number of carbonyl (C=O) groups excluding carboxylic acids is 1. The van der Waals surface area contributed by atoms with Gasteiger partial charge in [0.25, 0.3) is 0 Å². The lowest BCUT2D eigenvalue weighted by Gasteiger charge is -2.28. The maximum atomic E-state index is 13.7. The molecule has 2 aromatic heterocycles. The zero-order valence-corrected chi connectivity index (χ0v) is 20.6. The number of hydrogen-bond donors (Lipinski definition) is 4. The second-order valence-corrected chi connectivity index (χ2v) is 9.79. The molecule has 4 rings (SSSR count). The van der Waals surface area contributed by atoms with Gasteiger partial charge in [0.1, 0.15) is 41.9 Å². The number of nitrogens with zero attached hydrogens (tertiary/aromatic N) is 4. The van der Waals surface area contributed by atoms with Crippen molar-refractivity contribution in [1.82, 2.24) is 24.6 Å². The van der Waals surface area contributed by atoms with E-state index in [4.69, 9.17) is 19.5 Å². The number of rotatable bonds is 9. The van der Waals surface area contributed by atoms with Gasteiger partial charge in [-0.2, -0.15) is 5.09 Å². The predicted octanol–water partition coefficient (Wildman–Crippen LogP) is 0.771. The van der Waals surface area contributed by atoms with E-state index in [0.29, 0.717) is 11.2 Å². The summed E-state index contributed by atoms with van der Waals surface area (Å²) in [5.74, 6) is -0.334. The number of aromatic nitrogens is 4. The number of esters is 1. The number of benzene rings is 1. The molecular formula is C21H27N6O8P. The maximum Gasteiger partial charge on any atom is 0.459 e. The molecule has 0 bridgehead atoms. The number of methoxy groups -OCH3 is 1. The van der Waals surface area contributed by atoms with E-state index in [0.717, 1.165) is 0 Å².